The first-order valence-corrected chi connectivity index (χ1v) is 3.47. The predicted molar refractivity (Wildman–Crippen MR) is 36.3 cm³/mol. The van der Waals surface area contributed by atoms with Crippen molar-refractivity contribution in [3.8, 4) is 0 Å². The predicted octanol–water partition coefficient (Wildman–Crippen LogP) is -1.03. The summed E-state index contributed by atoms with van der Waals surface area (Å²) in [6.07, 6.45) is 2.57. The first-order valence-electron chi connectivity index (χ1n) is 2.89. The molecule has 0 saturated carbocycles. The minimum atomic E-state index is 0. The van der Waals surface area contributed by atoms with E-state index in [0.717, 1.165) is 11.7 Å². The minimum Gasteiger partial charge on any atom is -0.792 e. The largest absolute Gasteiger partial charge is 1.00 e. The average Bonchev–Trinajstić information content (AvgIpc) is 1.68. The molecule has 1 atom stereocenters. The third-order valence-corrected chi connectivity index (χ3v) is 1.64. The van der Waals surface area contributed by atoms with Gasteiger partial charge in [0.25, 0.3) is 0 Å². The molecule has 0 aromatic rings. The van der Waals surface area contributed by atoms with Crippen molar-refractivity contribution >= 4 is 12.6 Å². The summed E-state index contributed by atoms with van der Waals surface area (Å²) in [6, 6.07) is 0. The van der Waals surface area contributed by atoms with Crippen LogP contribution in [0.2, 0.25) is 0 Å². The van der Waals surface area contributed by atoms with Crippen LogP contribution in [-0.4, -0.2) is 5.75 Å². The van der Waals surface area contributed by atoms with Crippen LogP contribution in [0.25, 0.3) is 0 Å². The quantitative estimate of drug-likeness (QED) is 0.372. The molecule has 0 aliphatic rings. The standard InChI is InChI=1S/C6H14S.K/c1-3-4-6(2)5-7;/h6-7H,3-5H2,1-2H3;/q;+1/p-1. The summed E-state index contributed by atoms with van der Waals surface area (Å²) < 4.78 is 0. The smallest absolute Gasteiger partial charge is 0.792 e. The topological polar surface area (TPSA) is 0 Å². The summed E-state index contributed by atoms with van der Waals surface area (Å²) in [5.41, 5.74) is 0. The maximum absolute atomic E-state index is 4.84. The number of hydrogen-bond donors (Lipinski definition) is 0. The van der Waals surface area contributed by atoms with Gasteiger partial charge in [-0.1, -0.05) is 32.6 Å². The fourth-order valence-corrected chi connectivity index (χ4v) is 0.743. The zero-order chi connectivity index (χ0) is 5.70. The van der Waals surface area contributed by atoms with Crippen LogP contribution in [0.1, 0.15) is 26.7 Å². The molecule has 1 unspecified atom stereocenters. The number of hydrogen-bond acceptors (Lipinski definition) is 1. The molecule has 0 nitrogen and oxygen atoms in total. The van der Waals surface area contributed by atoms with Gasteiger partial charge in [0.1, 0.15) is 0 Å². The van der Waals surface area contributed by atoms with Gasteiger partial charge in [0.05, 0.1) is 0 Å². The Bertz CT molecular complexity index is 39.5. The number of rotatable bonds is 3. The Kier molecular flexibility index (Phi) is 14.2. The molecule has 0 heterocycles. The van der Waals surface area contributed by atoms with E-state index in [1.165, 1.54) is 12.8 Å². The molecule has 0 amide bonds. The van der Waals surface area contributed by atoms with Gasteiger partial charge in [-0.2, -0.15) is 5.75 Å². The van der Waals surface area contributed by atoms with Crippen LogP contribution < -0.4 is 51.4 Å². The van der Waals surface area contributed by atoms with Gasteiger partial charge < -0.3 is 12.6 Å². The van der Waals surface area contributed by atoms with Crippen LogP contribution in [0, 0.1) is 5.92 Å². The second-order valence-corrected chi connectivity index (χ2v) is 2.39. The molecule has 0 aliphatic heterocycles. The maximum atomic E-state index is 4.84. The van der Waals surface area contributed by atoms with E-state index in [9.17, 15) is 0 Å². The Hall–Kier alpha value is 1.99. The van der Waals surface area contributed by atoms with Gasteiger partial charge in [0.2, 0.25) is 0 Å². The van der Waals surface area contributed by atoms with Crippen LogP contribution in [0.3, 0.4) is 0 Å². The van der Waals surface area contributed by atoms with Gasteiger partial charge in [-0.05, 0) is 0 Å². The summed E-state index contributed by atoms with van der Waals surface area (Å²) in [5, 5.41) is 0. The molecule has 0 aromatic heterocycles. The molecule has 0 saturated heterocycles. The zero-order valence-electron chi connectivity index (χ0n) is 6.11. The van der Waals surface area contributed by atoms with Crippen molar-refractivity contribution in [1.82, 2.24) is 0 Å². The van der Waals surface area contributed by atoms with Crippen LogP contribution in [-0.2, 0) is 12.6 Å². The van der Waals surface area contributed by atoms with Gasteiger partial charge in [-0.3, -0.25) is 0 Å². The Morgan fingerprint density at radius 2 is 2.00 bits per heavy atom. The first-order chi connectivity index (χ1) is 3.31. The third-order valence-electron chi connectivity index (χ3n) is 1.07. The van der Waals surface area contributed by atoms with Crippen molar-refractivity contribution in [2.24, 2.45) is 5.92 Å². The molecule has 44 valence electrons. The maximum Gasteiger partial charge on any atom is 1.00 e. The molecule has 2 heteroatoms. The Labute approximate surface area is 101 Å². The van der Waals surface area contributed by atoms with E-state index >= 15 is 0 Å². The van der Waals surface area contributed by atoms with Gasteiger partial charge in [-0.15, -0.1) is 0 Å². The minimum absolute atomic E-state index is 0. The molecule has 0 aromatic carbocycles. The summed E-state index contributed by atoms with van der Waals surface area (Å²) in [6.45, 7) is 4.40. The SMILES string of the molecule is CCCC(C)C[S-].[K+]. The molecule has 0 bridgehead atoms. The van der Waals surface area contributed by atoms with Crippen molar-refractivity contribution in [1.29, 1.82) is 0 Å². The van der Waals surface area contributed by atoms with Gasteiger partial charge in [-0.25, -0.2) is 0 Å². The van der Waals surface area contributed by atoms with Crippen molar-refractivity contribution in [3.05, 3.63) is 0 Å². The van der Waals surface area contributed by atoms with Gasteiger partial charge >= 0.3 is 51.4 Å². The molecular formula is C6H13KS. The molecule has 0 radical (unpaired) electrons. The van der Waals surface area contributed by atoms with E-state index in [4.69, 9.17) is 12.6 Å². The zero-order valence-corrected chi connectivity index (χ0v) is 10.0. The fourth-order valence-electron chi connectivity index (χ4n) is 0.576. The molecule has 0 N–H and O–H groups in total. The van der Waals surface area contributed by atoms with Gasteiger partial charge in [0, 0.05) is 0 Å². The van der Waals surface area contributed by atoms with Crippen LogP contribution in [0.15, 0.2) is 0 Å². The van der Waals surface area contributed by atoms with Crippen molar-refractivity contribution in [3.63, 3.8) is 0 Å². The van der Waals surface area contributed by atoms with Crippen molar-refractivity contribution < 1.29 is 51.4 Å². The van der Waals surface area contributed by atoms with E-state index < -0.39 is 0 Å². The van der Waals surface area contributed by atoms with Crippen molar-refractivity contribution in [2.75, 3.05) is 5.75 Å². The fraction of sp³-hybridized carbons (Fsp3) is 1.00. The molecule has 0 rings (SSSR count). The van der Waals surface area contributed by atoms with E-state index in [0.29, 0.717) is 0 Å². The van der Waals surface area contributed by atoms with Gasteiger partial charge in [0.15, 0.2) is 0 Å². The van der Waals surface area contributed by atoms with E-state index in [1.807, 2.05) is 0 Å². The van der Waals surface area contributed by atoms with E-state index in [-0.39, 0.29) is 51.4 Å². The Morgan fingerprint density at radius 3 is 2.12 bits per heavy atom. The van der Waals surface area contributed by atoms with Crippen molar-refractivity contribution in [2.45, 2.75) is 26.7 Å². The summed E-state index contributed by atoms with van der Waals surface area (Å²) in [5.74, 6) is 1.69. The molecular weight excluding hydrogens is 143 g/mol. The summed E-state index contributed by atoms with van der Waals surface area (Å²) in [4.78, 5) is 0. The molecule has 0 fully saturated rings. The summed E-state index contributed by atoms with van der Waals surface area (Å²) in [7, 11) is 0. The van der Waals surface area contributed by atoms with Crippen LogP contribution in [0.4, 0.5) is 0 Å². The Morgan fingerprint density at radius 1 is 1.50 bits per heavy atom. The molecule has 8 heavy (non-hydrogen) atoms. The summed E-state index contributed by atoms with van der Waals surface area (Å²) >= 11 is 4.84. The molecule has 0 spiro atoms. The molecule has 0 aliphatic carbocycles. The second-order valence-electron chi connectivity index (χ2n) is 2.06. The third kappa shape index (κ3) is 7.99. The normalized spacial score (nSPS) is 12.4. The monoisotopic (exact) mass is 156 g/mol. The van der Waals surface area contributed by atoms with E-state index in [2.05, 4.69) is 13.8 Å². The van der Waals surface area contributed by atoms with E-state index in [1.54, 1.807) is 0 Å². The Balaban J connectivity index is 0. The van der Waals surface area contributed by atoms with Crippen LogP contribution >= 0.6 is 0 Å². The average molecular weight is 156 g/mol. The second kappa shape index (κ2) is 8.99. The van der Waals surface area contributed by atoms with Crippen LogP contribution in [0.5, 0.6) is 0 Å². The first kappa shape index (κ1) is 12.6.